The molecule has 0 aliphatic rings. The third-order valence-corrected chi connectivity index (χ3v) is 10.9. The molecule has 0 saturated carbocycles. The van der Waals surface area contributed by atoms with Crippen molar-refractivity contribution in [1.29, 1.82) is 0 Å². The van der Waals surface area contributed by atoms with Gasteiger partial charge in [0.05, 0.1) is 0 Å². The molecule has 48 heavy (non-hydrogen) atoms. The Hall–Kier alpha value is -6.10. The first kappa shape index (κ1) is 26.0. The summed E-state index contributed by atoms with van der Waals surface area (Å²) in [5.74, 6) is 0. The maximum absolute atomic E-state index is 6.60. The lowest BCUT2D eigenvalue weighted by atomic mass is 10.0. The van der Waals surface area contributed by atoms with Crippen molar-refractivity contribution >= 4 is 114 Å². The molecule has 0 saturated heterocycles. The Bertz CT molecular complexity index is 3070. The first-order chi connectivity index (χ1) is 23.8. The van der Waals surface area contributed by atoms with E-state index >= 15 is 0 Å². The number of furan rings is 2. The highest BCUT2D eigenvalue weighted by atomic mass is 32.1. The van der Waals surface area contributed by atoms with Gasteiger partial charge in [-0.3, -0.25) is 0 Å². The Kier molecular flexibility index (Phi) is 5.26. The topological polar surface area (TPSA) is 29.5 Å². The molecule has 0 aliphatic heterocycles. The smallest absolute Gasteiger partial charge is 0.143 e. The van der Waals surface area contributed by atoms with Gasteiger partial charge < -0.3 is 13.7 Å². The number of benzene rings is 8. The molecule has 0 spiro atoms. The monoisotopic (exact) mass is 631 g/mol. The zero-order valence-corrected chi connectivity index (χ0v) is 26.4. The quantitative estimate of drug-likeness (QED) is 0.194. The van der Waals surface area contributed by atoms with Crippen molar-refractivity contribution in [3.63, 3.8) is 0 Å². The van der Waals surface area contributed by atoms with Crippen LogP contribution in [-0.2, 0) is 0 Å². The van der Waals surface area contributed by atoms with Crippen molar-refractivity contribution < 1.29 is 8.83 Å². The molecular weight excluding hydrogens is 607 g/mol. The second-order valence-electron chi connectivity index (χ2n) is 12.5. The minimum atomic E-state index is 0.879. The number of thiophene rings is 1. The third-order valence-electron chi connectivity index (χ3n) is 9.82. The number of rotatable bonds is 3. The number of fused-ring (bicyclic) bond motifs is 14. The minimum Gasteiger partial charge on any atom is -0.455 e. The van der Waals surface area contributed by atoms with Crippen LogP contribution >= 0.6 is 11.3 Å². The highest BCUT2D eigenvalue weighted by Crippen LogP contribution is 2.46. The summed E-state index contributed by atoms with van der Waals surface area (Å²) in [5, 5.41) is 11.8. The van der Waals surface area contributed by atoms with Gasteiger partial charge in [0.25, 0.3) is 0 Å². The highest BCUT2D eigenvalue weighted by molar-refractivity contribution is 7.26. The van der Waals surface area contributed by atoms with Gasteiger partial charge in [0, 0.05) is 75.6 Å². The van der Waals surface area contributed by atoms with Crippen LogP contribution in [0.3, 0.4) is 0 Å². The summed E-state index contributed by atoms with van der Waals surface area (Å²) in [6.45, 7) is 0. The SMILES string of the molecule is c1ccc(N(c2ccc3c(c2)oc2c4ccccc4ccc32)c2ccc3c(c2)sc2ccc4oc5c6ccccc6ccc5c4c23)cc1. The van der Waals surface area contributed by atoms with E-state index in [0.717, 1.165) is 66.3 Å². The summed E-state index contributed by atoms with van der Waals surface area (Å²) < 4.78 is 15.6. The molecule has 11 rings (SSSR count). The molecule has 0 aliphatic carbocycles. The molecule has 3 aromatic heterocycles. The van der Waals surface area contributed by atoms with E-state index in [-0.39, 0.29) is 0 Å². The fourth-order valence-corrected chi connectivity index (χ4v) is 8.79. The fraction of sp³-hybridized carbons (Fsp3) is 0. The van der Waals surface area contributed by atoms with Crippen LogP contribution in [0.15, 0.2) is 160 Å². The van der Waals surface area contributed by atoms with Gasteiger partial charge in [-0.15, -0.1) is 11.3 Å². The largest absolute Gasteiger partial charge is 0.455 e. The Morgan fingerprint density at radius 3 is 1.79 bits per heavy atom. The zero-order valence-electron chi connectivity index (χ0n) is 25.6. The van der Waals surface area contributed by atoms with E-state index in [1.807, 2.05) is 11.3 Å². The lowest BCUT2D eigenvalue weighted by molar-refractivity contribution is 0.672. The van der Waals surface area contributed by atoms with Crippen LogP contribution in [0.2, 0.25) is 0 Å². The second-order valence-corrected chi connectivity index (χ2v) is 13.6. The first-order valence-corrected chi connectivity index (χ1v) is 17.0. The number of hydrogen-bond acceptors (Lipinski definition) is 4. The Labute approximate surface area is 278 Å². The number of anilines is 3. The Morgan fingerprint density at radius 2 is 1.00 bits per heavy atom. The summed E-state index contributed by atoms with van der Waals surface area (Å²) >= 11 is 1.83. The summed E-state index contributed by atoms with van der Waals surface area (Å²) in [6.07, 6.45) is 0. The molecule has 0 radical (unpaired) electrons. The average molecular weight is 632 g/mol. The van der Waals surface area contributed by atoms with Crippen molar-refractivity contribution in [2.24, 2.45) is 0 Å². The van der Waals surface area contributed by atoms with Crippen LogP contribution in [0, 0.1) is 0 Å². The van der Waals surface area contributed by atoms with Gasteiger partial charge in [-0.2, -0.15) is 0 Å². The molecule has 0 fully saturated rings. The molecule has 8 aromatic carbocycles. The van der Waals surface area contributed by atoms with Gasteiger partial charge in [0.2, 0.25) is 0 Å². The van der Waals surface area contributed by atoms with E-state index < -0.39 is 0 Å². The lowest BCUT2D eigenvalue weighted by Gasteiger charge is -2.25. The van der Waals surface area contributed by atoms with Crippen molar-refractivity contribution in [1.82, 2.24) is 0 Å². The van der Waals surface area contributed by atoms with Gasteiger partial charge in [0.1, 0.15) is 22.3 Å². The normalized spacial score (nSPS) is 12.2. The van der Waals surface area contributed by atoms with Gasteiger partial charge in [0.15, 0.2) is 0 Å². The molecule has 3 heterocycles. The lowest BCUT2D eigenvalue weighted by Crippen LogP contribution is -2.09. The van der Waals surface area contributed by atoms with Crippen molar-refractivity contribution in [2.75, 3.05) is 4.90 Å². The number of para-hydroxylation sites is 1. The van der Waals surface area contributed by atoms with Crippen molar-refractivity contribution in [3.05, 3.63) is 152 Å². The van der Waals surface area contributed by atoms with Gasteiger partial charge in [-0.1, -0.05) is 84.9 Å². The van der Waals surface area contributed by atoms with E-state index in [9.17, 15) is 0 Å². The molecule has 0 atom stereocenters. The number of hydrogen-bond donors (Lipinski definition) is 0. The standard InChI is InChI=1S/C44H25NO2S/c1-2-10-28(11-3-1)45(29-16-20-33-34-18-14-26-8-4-6-12-31(26)43(34)47-38(33)24-29)30-17-21-35-40(25-30)48-39-23-22-37-41(42(35)39)36-19-15-27-9-5-7-13-32(27)44(36)46-37/h1-25H. The van der Waals surface area contributed by atoms with Crippen molar-refractivity contribution in [3.8, 4) is 0 Å². The second kappa shape index (κ2) is 9.71. The fourth-order valence-electron chi connectivity index (χ4n) is 7.65. The predicted octanol–water partition coefficient (Wildman–Crippen LogP) is 13.6. The molecule has 0 unspecified atom stereocenters. The van der Waals surface area contributed by atoms with Crippen LogP contribution in [0.1, 0.15) is 0 Å². The minimum absolute atomic E-state index is 0.879. The molecule has 0 bridgehead atoms. The third kappa shape index (κ3) is 3.63. The van der Waals surface area contributed by atoms with Crippen molar-refractivity contribution in [2.45, 2.75) is 0 Å². The molecule has 4 heteroatoms. The van der Waals surface area contributed by atoms with Gasteiger partial charge >= 0.3 is 0 Å². The molecular formula is C44H25NO2S. The average Bonchev–Trinajstić information content (AvgIpc) is 3.83. The van der Waals surface area contributed by atoms with Crippen LogP contribution in [0.25, 0.3) is 85.6 Å². The van der Waals surface area contributed by atoms with Crippen LogP contribution in [0.4, 0.5) is 17.1 Å². The molecule has 0 N–H and O–H groups in total. The summed E-state index contributed by atoms with van der Waals surface area (Å²) in [6, 6.07) is 54.0. The predicted molar refractivity (Wildman–Crippen MR) is 204 cm³/mol. The maximum atomic E-state index is 6.60. The zero-order chi connectivity index (χ0) is 31.3. The first-order valence-electron chi connectivity index (χ1n) is 16.2. The van der Waals surface area contributed by atoms with E-state index in [4.69, 9.17) is 8.83 Å². The number of nitrogens with zero attached hydrogens (tertiary/aromatic N) is 1. The summed E-state index contributed by atoms with van der Waals surface area (Å²) in [4.78, 5) is 2.32. The van der Waals surface area contributed by atoms with Crippen LogP contribution in [-0.4, -0.2) is 0 Å². The molecule has 224 valence electrons. The van der Waals surface area contributed by atoms with E-state index in [2.05, 4.69) is 157 Å². The summed E-state index contributed by atoms with van der Waals surface area (Å²) in [7, 11) is 0. The Balaban J connectivity index is 1.12. The highest BCUT2D eigenvalue weighted by Gasteiger charge is 2.20. The van der Waals surface area contributed by atoms with Gasteiger partial charge in [-0.05, 0) is 71.4 Å². The molecule has 3 nitrogen and oxygen atoms in total. The van der Waals surface area contributed by atoms with Crippen LogP contribution < -0.4 is 4.90 Å². The van der Waals surface area contributed by atoms with Gasteiger partial charge in [-0.25, -0.2) is 0 Å². The molecule has 11 aromatic rings. The Morgan fingerprint density at radius 1 is 0.375 bits per heavy atom. The van der Waals surface area contributed by atoms with E-state index in [1.54, 1.807) is 0 Å². The summed E-state index contributed by atoms with van der Waals surface area (Å²) in [5.41, 5.74) is 6.93. The maximum Gasteiger partial charge on any atom is 0.143 e. The van der Waals surface area contributed by atoms with E-state index in [0.29, 0.717) is 0 Å². The van der Waals surface area contributed by atoms with Crippen LogP contribution in [0.5, 0.6) is 0 Å². The van der Waals surface area contributed by atoms with E-state index in [1.165, 1.54) is 36.3 Å². The molecule has 0 amide bonds.